The zero-order valence-corrected chi connectivity index (χ0v) is 12.1. The van der Waals surface area contributed by atoms with Gasteiger partial charge in [-0.2, -0.15) is 4.98 Å². The normalized spacial score (nSPS) is 12.6. The number of nitrogens with zero attached hydrogens (tertiary/aromatic N) is 2. The van der Waals surface area contributed by atoms with E-state index in [-0.39, 0.29) is 0 Å². The van der Waals surface area contributed by atoms with Gasteiger partial charge in [0, 0.05) is 11.3 Å². The zero-order chi connectivity index (χ0) is 13.7. The first kappa shape index (κ1) is 14.1. The number of rotatable bonds is 6. The summed E-state index contributed by atoms with van der Waals surface area (Å²) >= 11 is 1.72. The van der Waals surface area contributed by atoms with Crippen molar-refractivity contribution in [1.82, 2.24) is 10.1 Å². The molecule has 1 atom stereocenters. The van der Waals surface area contributed by atoms with Crippen LogP contribution in [0.15, 0.2) is 33.7 Å². The largest absolute Gasteiger partial charge is 0.339 e. The third-order valence-electron chi connectivity index (χ3n) is 2.79. The molecule has 1 aromatic carbocycles. The van der Waals surface area contributed by atoms with Crippen LogP contribution in [0.1, 0.15) is 24.2 Å². The van der Waals surface area contributed by atoms with Crippen molar-refractivity contribution in [3.63, 3.8) is 0 Å². The number of thioether (sulfide) groups is 1. The van der Waals surface area contributed by atoms with Crippen molar-refractivity contribution in [2.75, 3.05) is 6.54 Å². The molecule has 19 heavy (non-hydrogen) atoms. The highest BCUT2D eigenvalue weighted by atomic mass is 32.2. The SMILES string of the molecule is Cc1cccc(SCc2noc(CC(C)CN)n2)c1. The molecule has 1 heterocycles. The molecule has 0 bridgehead atoms. The number of aryl methyl sites for hydroxylation is 1. The zero-order valence-electron chi connectivity index (χ0n) is 11.3. The molecular weight excluding hydrogens is 258 g/mol. The summed E-state index contributed by atoms with van der Waals surface area (Å²) in [4.78, 5) is 5.61. The molecule has 0 saturated carbocycles. The predicted octanol–water partition coefficient (Wildman–Crippen LogP) is 2.81. The molecule has 0 aliphatic carbocycles. The van der Waals surface area contributed by atoms with E-state index >= 15 is 0 Å². The number of hydrogen-bond acceptors (Lipinski definition) is 5. The van der Waals surface area contributed by atoms with Gasteiger partial charge >= 0.3 is 0 Å². The third kappa shape index (κ3) is 4.36. The summed E-state index contributed by atoms with van der Waals surface area (Å²) in [6, 6.07) is 8.39. The van der Waals surface area contributed by atoms with Crippen LogP contribution in [0.25, 0.3) is 0 Å². The van der Waals surface area contributed by atoms with Gasteiger partial charge in [-0.3, -0.25) is 0 Å². The van der Waals surface area contributed by atoms with E-state index in [0.717, 1.165) is 18.0 Å². The second kappa shape index (κ2) is 6.73. The van der Waals surface area contributed by atoms with E-state index in [9.17, 15) is 0 Å². The van der Waals surface area contributed by atoms with E-state index < -0.39 is 0 Å². The highest BCUT2D eigenvalue weighted by Crippen LogP contribution is 2.22. The van der Waals surface area contributed by atoms with E-state index in [1.54, 1.807) is 11.8 Å². The lowest BCUT2D eigenvalue weighted by Gasteiger charge is -2.02. The standard InChI is InChI=1S/C14H19N3OS/c1-10-4-3-5-12(6-10)19-9-13-16-14(18-17-13)7-11(2)8-15/h3-6,11H,7-9,15H2,1-2H3. The van der Waals surface area contributed by atoms with Crippen molar-refractivity contribution < 1.29 is 4.52 Å². The Morgan fingerprint density at radius 3 is 3.00 bits per heavy atom. The van der Waals surface area contributed by atoms with Crippen LogP contribution in [0, 0.1) is 12.8 Å². The molecule has 0 amide bonds. The summed E-state index contributed by atoms with van der Waals surface area (Å²) in [6.45, 7) is 4.80. The lowest BCUT2D eigenvalue weighted by molar-refractivity contribution is 0.356. The number of aromatic nitrogens is 2. The fourth-order valence-corrected chi connectivity index (χ4v) is 2.52. The van der Waals surface area contributed by atoms with Gasteiger partial charge in [-0.1, -0.05) is 29.8 Å². The van der Waals surface area contributed by atoms with E-state index in [1.807, 2.05) is 0 Å². The molecule has 0 aliphatic rings. The molecule has 0 fully saturated rings. The molecule has 2 aromatic rings. The Hall–Kier alpha value is -1.33. The third-order valence-corrected chi connectivity index (χ3v) is 3.78. The Kier molecular flexibility index (Phi) is 4.99. The van der Waals surface area contributed by atoms with Crippen LogP contribution < -0.4 is 5.73 Å². The van der Waals surface area contributed by atoms with Gasteiger partial charge in [-0.15, -0.1) is 11.8 Å². The van der Waals surface area contributed by atoms with Gasteiger partial charge in [0.15, 0.2) is 5.82 Å². The topological polar surface area (TPSA) is 64.9 Å². The lowest BCUT2D eigenvalue weighted by Crippen LogP contribution is -2.13. The molecule has 4 nitrogen and oxygen atoms in total. The van der Waals surface area contributed by atoms with Crippen molar-refractivity contribution in [2.24, 2.45) is 11.7 Å². The van der Waals surface area contributed by atoms with Gasteiger partial charge < -0.3 is 10.3 Å². The van der Waals surface area contributed by atoms with Crippen LogP contribution in [0.4, 0.5) is 0 Å². The molecule has 1 aromatic heterocycles. The minimum Gasteiger partial charge on any atom is -0.339 e. The maximum atomic E-state index is 5.58. The fourth-order valence-electron chi connectivity index (χ4n) is 1.67. The lowest BCUT2D eigenvalue weighted by atomic mass is 10.1. The quantitative estimate of drug-likeness (QED) is 0.822. The van der Waals surface area contributed by atoms with Crippen molar-refractivity contribution in [1.29, 1.82) is 0 Å². The van der Waals surface area contributed by atoms with Gasteiger partial charge in [0.2, 0.25) is 5.89 Å². The van der Waals surface area contributed by atoms with Gasteiger partial charge in [0.05, 0.1) is 5.75 Å². The van der Waals surface area contributed by atoms with E-state index in [2.05, 4.69) is 48.3 Å². The highest BCUT2D eigenvalue weighted by molar-refractivity contribution is 7.98. The van der Waals surface area contributed by atoms with Gasteiger partial charge in [-0.25, -0.2) is 0 Å². The summed E-state index contributed by atoms with van der Waals surface area (Å²) in [5.74, 6) is 2.52. The van der Waals surface area contributed by atoms with Crippen LogP contribution in [-0.2, 0) is 12.2 Å². The molecule has 0 saturated heterocycles. The van der Waals surface area contributed by atoms with Crippen molar-refractivity contribution in [3.8, 4) is 0 Å². The van der Waals surface area contributed by atoms with E-state index in [4.69, 9.17) is 10.3 Å². The second-order valence-electron chi connectivity index (χ2n) is 4.75. The molecule has 0 aliphatic heterocycles. The number of hydrogen-bond donors (Lipinski definition) is 1. The summed E-state index contributed by atoms with van der Waals surface area (Å²) in [7, 11) is 0. The minimum atomic E-state index is 0.373. The first-order chi connectivity index (χ1) is 9.17. The molecule has 0 radical (unpaired) electrons. The monoisotopic (exact) mass is 277 g/mol. The predicted molar refractivity (Wildman–Crippen MR) is 77.0 cm³/mol. The molecule has 2 rings (SSSR count). The number of nitrogens with two attached hydrogens (primary N) is 1. The average molecular weight is 277 g/mol. The maximum absolute atomic E-state index is 5.58. The van der Waals surface area contributed by atoms with Crippen molar-refractivity contribution >= 4 is 11.8 Å². The van der Waals surface area contributed by atoms with Gasteiger partial charge in [0.25, 0.3) is 0 Å². The Labute approximate surface area is 117 Å². The van der Waals surface area contributed by atoms with Crippen molar-refractivity contribution in [3.05, 3.63) is 41.5 Å². The average Bonchev–Trinajstić information content (AvgIpc) is 2.84. The Bertz CT molecular complexity index is 527. The van der Waals surface area contributed by atoms with E-state index in [1.165, 1.54) is 10.5 Å². The number of benzene rings is 1. The maximum Gasteiger partial charge on any atom is 0.226 e. The molecule has 2 N–H and O–H groups in total. The Morgan fingerprint density at radius 1 is 1.42 bits per heavy atom. The summed E-state index contributed by atoms with van der Waals surface area (Å²) < 4.78 is 5.22. The molecule has 102 valence electrons. The molecule has 1 unspecified atom stereocenters. The highest BCUT2D eigenvalue weighted by Gasteiger charge is 2.10. The van der Waals surface area contributed by atoms with E-state index in [0.29, 0.717) is 18.4 Å². The Balaban J connectivity index is 1.90. The Morgan fingerprint density at radius 2 is 2.26 bits per heavy atom. The molecule has 0 spiro atoms. The van der Waals surface area contributed by atoms with Gasteiger partial charge in [0.1, 0.15) is 0 Å². The smallest absolute Gasteiger partial charge is 0.226 e. The fraction of sp³-hybridized carbons (Fsp3) is 0.429. The van der Waals surface area contributed by atoms with Gasteiger partial charge in [-0.05, 0) is 31.5 Å². The van der Waals surface area contributed by atoms with Crippen LogP contribution in [0.2, 0.25) is 0 Å². The van der Waals surface area contributed by atoms with Crippen molar-refractivity contribution in [2.45, 2.75) is 30.9 Å². The first-order valence-electron chi connectivity index (χ1n) is 6.38. The summed E-state index contributed by atoms with van der Waals surface area (Å²) in [5.41, 5.74) is 6.84. The summed E-state index contributed by atoms with van der Waals surface area (Å²) in [5, 5.41) is 3.99. The van der Waals surface area contributed by atoms with Crippen LogP contribution >= 0.6 is 11.8 Å². The van der Waals surface area contributed by atoms with Crippen LogP contribution in [0.5, 0.6) is 0 Å². The first-order valence-corrected chi connectivity index (χ1v) is 7.37. The second-order valence-corrected chi connectivity index (χ2v) is 5.80. The van der Waals surface area contributed by atoms with Crippen LogP contribution in [0.3, 0.4) is 0 Å². The van der Waals surface area contributed by atoms with Crippen LogP contribution in [-0.4, -0.2) is 16.7 Å². The molecular formula is C14H19N3OS. The minimum absolute atomic E-state index is 0.373. The summed E-state index contributed by atoms with van der Waals surface area (Å²) in [6.07, 6.45) is 0.749. The molecule has 5 heteroatoms.